The second-order valence-electron chi connectivity index (χ2n) is 6.66. The minimum atomic E-state index is 0.337. The lowest BCUT2D eigenvalue weighted by atomic mass is 10.0. The first-order valence-corrected chi connectivity index (χ1v) is 8.77. The van der Waals surface area contributed by atoms with Crippen molar-refractivity contribution in [3.8, 4) is 22.8 Å². The van der Waals surface area contributed by atoms with Gasteiger partial charge in [-0.25, -0.2) is 9.67 Å². The van der Waals surface area contributed by atoms with Crippen LogP contribution >= 0.6 is 0 Å². The summed E-state index contributed by atoms with van der Waals surface area (Å²) in [5.74, 6) is 0.915. The summed E-state index contributed by atoms with van der Waals surface area (Å²) in [6.07, 6.45) is 5.38. The lowest BCUT2D eigenvalue weighted by molar-refractivity contribution is 0.321. The highest BCUT2D eigenvalue weighted by Gasteiger charge is 2.12. The number of nitrogens with zero attached hydrogens (tertiary/aromatic N) is 7. The Hall–Kier alpha value is -3.32. The van der Waals surface area contributed by atoms with Gasteiger partial charge in [0.15, 0.2) is 0 Å². The quantitative estimate of drug-likeness (QED) is 0.548. The topological polar surface area (TPSA) is 64.7 Å². The van der Waals surface area contributed by atoms with Crippen molar-refractivity contribution in [2.45, 2.75) is 13.0 Å². The molecule has 0 saturated heterocycles. The van der Waals surface area contributed by atoms with E-state index in [2.05, 4.69) is 75.3 Å². The average molecular weight is 359 g/mol. The molecule has 27 heavy (non-hydrogen) atoms. The molecule has 2 heterocycles. The van der Waals surface area contributed by atoms with E-state index < -0.39 is 0 Å². The van der Waals surface area contributed by atoms with E-state index >= 15 is 0 Å². The summed E-state index contributed by atoms with van der Waals surface area (Å²) in [6, 6.07) is 16.9. The van der Waals surface area contributed by atoms with Crippen LogP contribution in [0.1, 0.15) is 18.5 Å². The van der Waals surface area contributed by atoms with Crippen molar-refractivity contribution >= 4 is 0 Å². The Morgan fingerprint density at radius 3 is 2.48 bits per heavy atom. The second kappa shape index (κ2) is 7.13. The highest BCUT2D eigenvalue weighted by molar-refractivity contribution is 5.60. The van der Waals surface area contributed by atoms with Gasteiger partial charge in [0.1, 0.15) is 12.2 Å². The van der Waals surface area contributed by atoms with Crippen molar-refractivity contribution in [2.24, 2.45) is 0 Å². The predicted molar refractivity (Wildman–Crippen MR) is 104 cm³/mol. The summed E-state index contributed by atoms with van der Waals surface area (Å²) in [6.45, 7) is 2.20. The summed E-state index contributed by atoms with van der Waals surface area (Å²) in [4.78, 5) is 6.79. The maximum Gasteiger partial charge on any atom is 0.144 e. The van der Waals surface area contributed by atoms with Gasteiger partial charge in [-0.1, -0.05) is 18.2 Å². The van der Waals surface area contributed by atoms with Gasteiger partial charge in [-0.2, -0.15) is 0 Å². The van der Waals surface area contributed by atoms with Crippen molar-refractivity contribution in [3.63, 3.8) is 0 Å². The molecule has 0 radical (unpaired) electrons. The van der Waals surface area contributed by atoms with Crippen LogP contribution in [0.3, 0.4) is 0 Å². The van der Waals surface area contributed by atoms with E-state index in [1.165, 1.54) is 5.56 Å². The molecule has 1 unspecified atom stereocenters. The summed E-state index contributed by atoms with van der Waals surface area (Å²) in [5.41, 5.74) is 4.30. The maximum absolute atomic E-state index is 4.59. The Morgan fingerprint density at radius 2 is 1.78 bits per heavy atom. The van der Waals surface area contributed by atoms with Crippen molar-refractivity contribution < 1.29 is 0 Å². The molecular formula is C20H21N7. The van der Waals surface area contributed by atoms with Crippen LogP contribution in [0.25, 0.3) is 22.8 Å². The molecule has 2 aromatic carbocycles. The molecule has 7 nitrogen and oxygen atoms in total. The zero-order chi connectivity index (χ0) is 18.8. The zero-order valence-electron chi connectivity index (χ0n) is 15.6. The third-order valence-corrected chi connectivity index (χ3v) is 4.78. The molecule has 0 aliphatic heterocycles. The number of aromatic nitrogens is 6. The first kappa shape index (κ1) is 17.1. The van der Waals surface area contributed by atoms with E-state index in [0.717, 1.165) is 22.8 Å². The highest BCUT2D eigenvalue weighted by atomic mass is 15.5. The number of benzene rings is 2. The Kier molecular flexibility index (Phi) is 4.52. The molecule has 136 valence electrons. The van der Waals surface area contributed by atoms with E-state index in [0.29, 0.717) is 6.04 Å². The molecule has 7 heteroatoms. The third-order valence-electron chi connectivity index (χ3n) is 4.78. The lowest BCUT2D eigenvalue weighted by Gasteiger charge is -2.20. The van der Waals surface area contributed by atoms with Crippen LogP contribution < -0.4 is 0 Å². The van der Waals surface area contributed by atoms with Crippen LogP contribution in [0.15, 0.2) is 67.3 Å². The van der Waals surface area contributed by atoms with Crippen LogP contribution in [-0.2, 0) is 0 Å². The first-order valence-electron chi connectivity index (χ1n) is 8.77. The smallest absolute Gasteiger partial charge is 0.144 e. The van der Waals surface area contributed by atoms with Crippen LogP contribution in [0.4, 0.5) is 0 Å². The minimum absolute atomic E-state index is 0.337. The summed E-state index contributed by atoms with van der Waals surface area (Å²) in [7, 11) is 4.18. The molecule has 0 N–H and O–H groups in total. The fourth-order valence-electron chi connectivity index (χ4n) is 3.01. The number of hydrogen-bond donors (Lipinski definition) is 0. The summed E-state index contributed by atoms with van der Waals surface area (Å²) < 4.78 is 3.72. The Balaban J connectivity index is 1.68. The van der Waals surface area contributed by atoms with Crippen molar-refractivity contribution in [1.82, 2.24) is 34.7 Å². The molecule has 0 bridgehead atoms. The predicted octanol–water partition coefficient (Wildman–Crippen LogP) is 3.14. The van der Waals surface area contributed by atoms with Crippen molar-refractivity contribution in [1.29, 1.82) is 0 Å². The van der Waals surface area contributed by atoms with Gasteiger partial charge in [0.25, 0.3) is 0 Å². The fourth-order valence-corrected chi connectivity index (χ4v) is 3.01. The molecule has 0 spiro atoms. The van der Waals surface area contributed by atoms with Crippen molar-refractivity contribution in [2.75, 3.05) is 14.1 Å². The van der Waals surface area contributed by atoms with Gasteiger partial charge in [-0.15, -0.1) is 5.10 Å². The number of imidazole rings is 1. The van der Waals surface area contributed by atoms with E-state index in [1.54, 1.807) is 11.0 Å². The highest BCUT2D eigenvalue weighted by Crippen LogP contribution is 2.26. The van der Waals surface area contributed by atoms with Crippen LogP contribution in [0.2, 0.25) is 0 Å². The van der Waals surface area contributed by atoms with Gasteiger partial charge >= 0.3 is 0 Å². The number of tetrazole rings is 1. The minimum Gasteiger partial charge on any atom is -0.303 e. The monoisotopic (exact) mass is 359 g/mol. The number of rotatable bonds is 5. The molecule has 4 aromatic rings. The standard InChI is InChI=1S/C20H21N7/c1-15(25(2)3)16-5-4-6-17(13-16)20-21-11-12-26(20)18-7-9-19(10-8-18)27-14-22-23-24-27/h4-15H,1-3H3. The maximum atomic E-state index is 4.59. The molecule has 4 rings (SSSR count). The Labute approximate surface area is 157 Å². The largest absolute Gasteiger partial charge is 0.303 e. The molecule has 2 aromatic heterocycles. The first-order chi connectivity index (χ1) is 13.1. The molecule has 0 aliphatic carbocycles. The van der Waals surface area contributed by atoms with Crippen LogP contribution in [0.5, 0.6) is 0 Å². The molecule has 0 saturated carbocycles. The fraction of sp³-hybridized carbons (Fsp3) is 0.200. The van der Waals surface area contributed by atoms with E-state index in [-0.39, 0.29) is 0 Å². The Morgan fingerprint density at radius 1 is 1.00 bits per heavy atom. The second-order valence-corrected chi connectivity index (χ2v) is 6.66. The van der Waals surface area contributed by atoms with Gasteiger partial charge in [-0.3, -0.25) is 4.57 Å². The van der Waals surface area contributed by atoms with Crippen LogP contribution in [-0.4, -0.2) is 48.8 Å². The molecule has 0 aliphatic rings. The zero-order valence-corrected chi connectivity index (χ0v) is 15.6. The van der Waals surface area contributed by atoms with Crippen LogP contribution in [0, 0.1) is 0 Å². The van der Waals surface area contributed by atoms with Crippen molar-refractivity contribution in [3.05, 3.63) is 72.8 Å². The summed E-state index contributed by atoms with van der Waals surface area (Å²) in [5, 5.41) is 11.3. The number of hydrogen-bond acceptors (Lipinski definition) is 5. The van der Waals surface area contributed by atoms with Gasteiger partial charge in [0.2, 0.25) is 0 Å². The van der Waals surface area contributed by atoms with Gasteiger partial charge in [-0.05, 0) is 67.3 Å². The molecule has 0 fully saturated rings. The molecule has 1 atom stereocenters. The SMILES string of the molecule is CC(c1cccc(-c2nccn2-c2ccc(-n3cnnn3)cc2)c1)N(C)C. The average Bonchev–Trinajstić information content (AvgIpc) is 3.39. The third kappa shape index (κ3) is 3.37. The van der Waals surface area contributed by atoms with E-state index in [4.69, 9.17) is 0 Å². The summed E-state index contributed by atoms with van der Waals surface area (Å²) >= 11 is 0. The van der Waals surface area contributed by atoms with Gasteiger partial charge in [0.05, 0.1) is 5.69 Å². The Bertz CT molecular complexity index is 1020. The molecule has 0 amide bonds. The van der Waals surface area contributed by atoms with Gasteiger partial charge < -0.3 is 4.90 Å². The normalized spacial score (nSPS) is 12.4. The molecular weight excluding hydrogens is 338 g/mol. The van der Waals surface area contributed by atoms with Gasteiger partial charge in [0, 0.05) is 29.7 Å². The van der Waals surface area contributed by atoms with E-state index in [9.17, 15) is 0 Å². The lowest BCUT2D eigenvalue weighted by Crippen LogP contribution is -2.16. The van der Waals surface area contributed by atoms with E-state index in [1.807, 2.05) is 36.7 Å².